The Bertz CT molecular complexity index is 548. The number of pyridine rings is 1. The highest BCUT2D eigenvalue weighted by molar-refractivity contribution is 7.12. The molecule has 5 heteroatoms. The van der Waals surface area contributed by atoms with Gasteiger partial charge in [0.05, 0.1) is 4.88 Å². The number of carbonyl (C=O) groups is 1. The van der Waals surface area contributed by atoms with Crippen molar-refractivity contribution in [1.29, 1.82) is 0 Å². The molecule has 1 aliphatic heterocycles. The molecule has 0 saturated carbocycles. The fourth-order valence-electron chi connectivity index (χ4n) is 2.46. The second-order valence-electron chi connectivity index (χ2n) is 4.90. The number of piperidine rings is 1. The molecule has 1 saturated heterocycles. The lowest BCUT2D eigenvalue weighted by Gasteiger charge is -2.33. The number of amides is 1. The van der Waals surface area contributed by atoms with Crippen molar-refractivity contribution in [2.75, 3.05) is 18.0 Å². The van der Waals surface area contributed by atoms with E-state index in [1.165, 1.54) is 11.3 Å². The first kappa shape index (κ1) is 13.1. The lowest BCUT2D eigenvalue weighted by molar-refractivity contribution is 0.0935. The zero-order valence-electron chi connectivity index (χ0n) is 11.2. The van der Waals surface area contributed by atoms with E-state index in [2.05, 4.69) is 15.2 Å². The lowest BCUT2D eigenvalue weighted by atomic mass is 10.0. The maximum Gasteiger partial charge on any atom is 0.261 e. The number of nitrogens with one attached hydrogen (secondary N) is 1. The summed E-state index contributed by atoms with van der Waals surface area (Å²) < 4.78 is 0. The molecule has 3 rings (SSSR count). The molecule has 0 aromatic carbocycles. The Morgan fingerprint density at radius 3 is 2.75 bits per heavy atom. The van der Waals surface area contributed by atoms with E-state index >= 15 is 0 Å². The third kappa shape index (κ3) is 2.99. The van der Waals surface area contributed by atoms with E-state index in [9.17, 15) is 4.79 Å². The number of anilines is 1. The number of carbonyl (C=O) groups excluding carboxylic acids is 1. The van der Waals surface area contributed by atoms with Gasteiger partial charge in [0.2, 0.25) is 0 Å². The molecule has 4 nitrogen and oxygen atoms in total. The fraction of sp³-hybridized carbons (Fsp3) is 0.333. The Morgan fingerprint density at radius 1 is 1.25 bits per heavy atom. The summed E-state index contributed by atoms with van der Waals surface area (Å²) in [7, 11) is 0. The maximum atomic E-state index is 12.0. The molecule has 1 amide bonds. The molecule has 3 heterocycles. The van der Waals surface area contributed by atoms with Crippen LogP contribution >= 0.6 is 11.3 Å². The fourth-order valence-corrected chi connectivity index (χ4v) is 3.08. The third-order valence-corrected chi connectivity index (χ3v) is 4.42. The highest BCUT2D eigenvalue weighted by Crippen LogP contribution is 2.18. The molecule has 0 unspecified atom stereocenters. The average Bonchev–Trinajstić information content (AvgIpc) is 3.03. The standard InChI is InChI=1S/C15H17N3OS/c19-15(13-4-3-11-20-13)17-12-6-9-18(10-7-12)14-5-1-2-8-16-14/h1-5,8,11-12H,6-7,9-10H2,(H,17,19). The summed E-state index contributed by atoms with van der Waals surface area (Å²) in [5, 5.41) is 5.05. The van der Waals surface area contributed by atoms with Crippen molar-refractivity contribution in [2.45, 2.75) is 18.9 Å². The van der Waals surface area contributed by atoms with E-state index in [0.29, 0.717) is 0 Å². The number of nitrogens with zero attached hydrogens (tertiary/aromatic N) is 2. The normalized spacial score (nSPS) is 16.1. The van der Waals surface area contributed by atoms with Crippen LogP contribution in [-0.4, -0.2) is 30.0 Å². The van der Waals surface area contributed by atoms with Crippen molar-refractivity contribution < 1.29 is 4.79 Å². The van der Waals surface area contributed by atoms with Crippen molar-refractivity contribution >= 4 is 23.1 Å². The summed E-state index contributed by atoms with van der Waals surface area (Å²) in [6.07, 6.45) is 3.75. The third-order valence-electron chi connectivity index (χ3n) is 3.55. The van der Waals surface area contributed by atoms with Crippen molar-refractivity contribution in [3.8, 4) is 0 Å². The van der Waals surface area contributed by atoms with Crippen LogP contribution in [0.2, 0.25) is 0 Å². The van der Waals surface area contributed by atoms with Gasteiger partial charge in [0.15, 0.2) is 0 Å². The van der Waals surface area contributed by atoms with Gasteiger partial charge in [-0.1, -0.05) is 12.1 Å². The minimum atomic E-state index is 0.0521. The molecule has 0 bridgehead atoms. The number of hydrogen-bond donors (Lipinski definition) is 1. The van der Waals surface area contributed by atoms with E-state index in [-0.39, 0.29) is 11.9 Å². The molecule has 0 aliphatic carbocycles. The minimum Gasteiger partial charge on any atom is -0.356 e. The first-order valence-electron chi connectivity index (χ1n) is 6.83. The first-order chi connectivity index (χ1) is 9.83. The van der Waals surface area contributed by atoms with Crippen LogP contribution in [-0.2, 0) is 0 Å². The molecule has 1 aliphatic rings. The molecule has 1 fully saturated rings. The smallest absolute Gasteiger partial charge is 0.261 e. The van der Waals surface area contributed by atoms with E-state index in [1.807, 2.05) is 41.9 Å². The Kier molecular flexibility index (Phi) is 3.97. The van der Waals surface area contributed by atoms with Crippen molar-refractivity contribution in [1.82, 2.24) is 10.3 Å². The molecule has 2 aromatic rings. The molecule has 2 aromatic heterocycles. The van der Waals surface area contributed by atoms with Crippen molar-refractivity contribution in [2.24, 2.45) is 0 Å². The molecule has 0 atom stereocenters. The Hall–Kier alpha value is -1.88. The van der Waals surface area contributed by atoms with Crippen LogP contribution in [0.4, 0.5) is 5.82 Å². The molecule has 20 heavy (non-hydrogen) atoms. The van der Waals surface area contributed by atoms with Gasteiger partial charge in [0.1, 0.15) is 5.82 Å². The Morgan fingerprint density at radius 2 is 2.10 bits per heavy atom. The quantitative estimate of drug-likeness (QED) is 0.943. The molecule has 1 N–H and O–H groups in total. The summed E-state index contributed by atoms with van der Waals surface area (Å²) in [6, 6.07) is 10.0. The van der Waals surface area contributed by atoms with E-state index in [1.54, 1.807) is 0 Å². The predicted molar refractivity (Wildman–Crippen MR) is 81.3 cm³/mol. The van der Waals surface area contributed by atoms with Crippen LogP contribution in [0.15, 0.2) is 41.9 Å². The van der Waals surface area contributed by atoms with Gasteiger partial charge in [0.25, 0.3) is 5.91 Å². The zero-order valence-corrected chi connectivity index (χ0v) is 12.0. The monoisotopic (exact) mass is 287 g/mol. The molecular formula is C15H17N3OS. The number of hydrogen-bond acceptors (Lipinski definition) is 4. The van der Waals surface area contributed by atoms with Crippen molar-refractivity contribution in [3.63, 3.8) is 0 Å². The molecule has 0 radical (unpaired) electrons. The minimum absolute atomic E-state index is 0.0521. The summed E-state index contributed by atoms with van der Waals surface area (Å²) >= 11 is 1.48. The van der Waals surface area contributed by atoms with Crippen LogP contribution < -0.4 is 10.2 Å². The van der Waals surface area contributed by atoms with Crippen molar-refractivity contribution in [3.05, 3.63) is 46.8 Å². The summed E-state index contributed by atoms with van der Waals surface area (Å²) in [5.74, 6) is 1.08. The first-order valence-corrected chi connectivity index (χ1v) is 7.71. The van der Waals surface area contributed by atoms with E-state index < -0.39 is 0 Å². The highest BCUT2D eigenvalue weighted by atomic mass is 32.1. The van der Waals surface area contributed by atoms with E-state index in [0.717, 1.165) is 36.6 Å². The topological polar surface area (TPSA) is 45.2 Å². The Balaban J connectivity index is 1.53. The van der Waals surface area contributed by atoms with Crippen LogP contribution in [0, 0.1) is 0 Å². The van der Waals surface area contributed by atoms with Crippen LogP contribution in [0.1, 0.15) is 22.5 Å². The number of aromatic nitrogens is 1. The zero-order chi connectivity index (χ0) is 13.8. The van der Waals surface area contributed by atoms with Gasteiger partial charge in [-0.2, -0.15) is 0 Å². The van der Waals surface area contributed by atoms with Gasteiger partial charge in [0, 0.05) is 25.3 Å². The van der Waals surface area contributed by atoms with Crippen LogP contribution in [0.3, 0.4) is 0 Å². The highest BCUT2D eigenvalue weighted by Gasteiger charge is 2.21. The number of thiophene rings is 1. The predicted octanol–water partition coefficient (Wildman–Crippen LogP) is 2.54. The maximum absolute atomic E-state index is 12.0. The van der Waals surface area contributed by atoms with Crippen LogP contribution in [0.5, 0.6) is 0 Å². The summed E-state index contributed by atoms with van der Waals surface area (Å²) in [6.45, 7) is 1.87. The van der Waals surface area contributed by atoms with Gasteiger partial charge in [-0.3, -0.25) is 4.79 Å². The molecule has 104 valence electrons. The Labute approximate surface area is 122 Å². The number of rotatable bonds is 3. The van der Waals surface area contributed by atoms with Crippen LogP contribution in [0.25, 0.3) is 0 Å². The van der Waals surface area contributed by atoms with Gasteiger partial charge in [-0.05, 0) is 36.4 Å². The molecule has 0 spiro atoms. The van der Waals surface area contributed by atoms with E-state index in [4.69, 9.17) is 0 Å². The summed E-state index contributed by atoms with van der Waals surface area (Å²) in [4.78, 5) is 19.4. The second-order valence-corrected chi connectivity index (χ2v) is 5.85. The van der Waals surface area contributed by atoms with Gasteiger partial charge < -0.3 is 10.2 Å². The lowest BCUT2D eigenvalue weighted by Crippen LogP contribution is -2.44. The van der Waals surface area contributed by atoms with Gasteiger partial charge in [-0.15, -0.1) is 11.3 Å². The molecular weight excluding hydrogens is 270 g/mol. The van der Waals surface area contributed by atoms with Gasteiger partial charge in [-0.25, -0.2) is 4.98 Å². The SMILES string of the molecule is O=C(NC1CCN(c2ccccn2)CC1)c1cccs1. The summed E-state index contributed by atoms with van der Waals surface area (Å²) in [5.41, 5.74) is 0. The average molecular weight is 287 g/mol. The second kappa shape index (κ2) is 6.05. The van der Waals surface area contributed by atoms with Gasteiger partial charge >= 0.3 is 0 Å². The largest absolute Gasteiger partial charge is 0.356 e.